The van der Waals surface area contributed by atoms with Crippen LogP contribution < -0.4 is 5.32 Å². The monoisotopic (exact) mass is 441 g/mol. The predicted octanol–water partition coefficient (Wildman–Crippen LogP) is 5.92. The van der Waals surface area contributed by atoms with Crippen molar-refractivity contribution in [2.24, 2.45) is 0 Å². The molecule has 0 unspecified atom stereocenters. The first kappa shape index (κ1) is 28.0. The number of anilines is 1. The lowest BCUT2D eigenvalue weighted by Gasteiger charge is -2.20. The van der Waals surface area contributed by atoms with Gasteiger partial charge in [-0.05, 0) is 93.0 Å². The van der Waals surface area contributed by atoms with Gasteiger partial charge in [-0.3, -0.25) is 5.32 Å². The van der Waals surface area contributed by atoms with E-state index in [9.17, 15) is 19.5 Å². The Hall–Kier alpha value is -2.97. The van der Waals surface area contributed by atoms with Crippen LogP contribution in [0.25, 0.3) is 0 Å². The number of hydrogen-bond acceptors (Lipinski definition) is 8. The number of ether oxygens (including phenoxy) is 4. The van der Waals surface area contributed by atoms with Gasteiger partial charge < -0.3 is 24.1 Å². The van der Waals surface area contributed by atoms with Crippen molar-refractivity contribution < 1.29 is 38.4 Å². The summed E-state index contributed by atoms with van der Waals surface area (Å²) < 4.78 is 18.9. The first-order valence-electron chi connectivity index (χ1n) is 9.71. The van der Waals surface area contributed by atoms with E-state index in [2.05, 4.69) is 10.1 Å². The molecule has 0 spiro atoms. The minimum atomic E-state index is -1.06. The highest BCUT2D eigenvalue weighted by Gasteiger charge is 2.24. The van der Waals surface area contributed by atoms with E-state index in [0.29, 0.717) is 5.69 Å². The highest BCUT2D eigenvalue weighted by atomic mass is 16.8. The average Bonchev–Trinajstić information content (AvgIpc) is 2.44. The third-order valence-electron chi connectivity index (χ3n) is 2.79. The summed E-state index contributed by atoms with van der Waals surface area (Å²) in [6.07, 6.45) is -2.62. The Bertz CT molecular complexity index is 741. The normalized spacial score (nSPS) is 11.4. The summed E-state index contributed by atoms with van der Waals surface area (Å²) in [6, 6.07) is 4.72. The molecule has 1 aromatic carbocycles. The second-order valence-corrected chi connectivity index (χ2v) is 9.66. The smallest absolute Gasteiger partial charge is 0.508 e. The molecule has 0 atom stereocenters. The standard InChI is InChI=1S/C12H17NO3.C10H18O5/c1-8-7-9(14)5-6-10(8)13-11(15)16-12(2,3)4;1-9(2,3)14-7(11)13-8(12)15-10(4,5)6/h5-7,14H,1-4H3,(H,13,15);1-6H3. The summed E-state index contributed by atoms with van der Waals surface area (Å²) >= 11 is 0. The molecular weight excluding hydrogens is 406 g/mol. The average molecular weight is 442 g/mol. The number of rotatable bonds is 1. The number of amides is 1. The van der Waals surface area contributed by atoms with Crippen molar-refractivity contribution in [2.75, 3.05) is 5.32 Å². The molecular formula is C22H35NO8. The van der Waals surface area contributed by atoms with Crippen molar-refractivity contribution in [1.29, 1.82) is 0 Å². The highest BCUT2D eigenvalue weighted by molar-refractivity contribution is 5.86. The topological polar surface area (TPSA) is 120 Å². The van der Waals surface area contributed by atoms with Crippen LogP contribution in [0.5, 0.6) is 5.75 Å². The number of hydrogen-bond donors (Lipinski definition) is 2. The molecule has 0 aliphatic heterocycles. The Morgan fingerprint density at radius 3 is 1.55 bits per heavy atom. The Labute approximate surface area is 184 Å². The van der Waals surface area contributed by atoms with E-state index >= 15 is 0 Å². The van der Waals surface area contributed by atoms with Gasteiger partial charge in [-0.15, -0.1) is 0 Å². The molecule has 176 valence electrons. The van der Waals surface area contributed by atoms with E-state index in [0.717, 1.165) is 5.56 Å². The van der Waals surface area contributed by atoms with Crippen molar-refractivity contribution in [3.63, 3.8) is 0 Å². The molecule has 0 aliphatic rings. The Balaban J connectivity index is 0.000000582. The number of aromatic hydroxyl groups is 1. The molecule has 0 saturated heterocycles. The molecule has 2 N–H and O–H groups in total. The fraction of sp³-hybridized carbons (Fsp3) is 0.591. The number of phenols is 1. The predicted molar refractivity (Wildman–Crippen MR) is 116 cm³/mol. The molecule has 0 aliphatic carbocycles. The number of benzene rings is 1. The SMILES string of the molecule is CC(C)(C)OC(=O)OC(=O)OC(C)(C)C.Cc1cc(O)ccc1NC(=O)OC(C)(C)C. The van der Waals surface area contributed by atoms with Crippen LogP contribution >= 0.6 is 0 Å². The van der Waals surface area contributed by atoms with Gasteiger partial charge in [-0.1, -0.05) is 0 Å². The van der Waals surface area contributed by atoms with Crippen LogP contribution in [-0.4, -0.2) is 40.3 Å². The zero-order valence-electron chi connectivity index (χ0n) is 20.0. The van der Waals surface area contributed by atoms with Crippen molar-refractivity contribution in [3.05, 3.63) is 23.8 Å². The molecule has 1 amide bonds. The molecule has 9 nitrogen and oxygen atoms in total. The van der Waals surface area contributed by atoms with Gasteiger partial charge in [0, 0.05) is 5.69 Å². The number of carbonyl (C=O) groups is 3. The number of nitrogens with one attached hydrogen (secondary N) is 1. The molecule has 0 heterocycles. The summed E-state index contributed by atoms with van der Waals surface area (Å²) in [5.74, 6) is 0.173. The number of carbonyl (C=O) groups excluding carboxylic acids is 3. The van der Waals surface area contributed by atoms with E-state index in [1.54, 1.807) is 81.4 Å². The summed E-state index contributed by atoms with van der Waals surface area (Å²) in [6.45, 7) is 17.2. The van der Waals surface area contributed by atoms with Crippen LogP contribution in [-0.2, 0) is 18.9 Å². The third kappa shape index (κ3) is 15.5. The Morgan fingerprint density at radius 1 is 0.774 bits per heavy atom. The van der Waals surface area contributed by atoms with Crippen molar-refractivity contribution in [2.45, 2.75) is 86.0 Å². The van der Waals surface area contributed by atoms with Crippen LogP contribution in [0, 0.1) is 6.92 Å². The van der Waals surface area contributed by atoms with Crippen molar-refractivity contribution in [3.8, 4) is 5.75 Å². The van der Waals surface area contributed by atoms with E-state index < -0.39 is 35.2 Å². The lowest BCUT2D eigenvalue weighted by Crippen LogP contribution is -2.29. The van der Waals surface area contributed by atoms with Gasteiger partial charge in [0.2, 0.25) is 0 Å². The minimum Gasteiger partial charge on any atom is -0.508 e. The maximum absolute atomic E-state index is 11.5. The lowest BCUT2D eigenvalue weighted by atomic mass is 10.2. The maximum Gasteiger partial charge on any atom is 0.519 e. The molecule has 0 aromatic heterocycles. The van der Waals surface area contributed by atoms with Gasteiger partial charge >= 0.3 is 18.4 Å². The fourth-order valence-corrected chi connectivity index (χ4v) is 1.81. The van der Waals surface area contributed by atoms with Gasteiger partial charge in [0.05, 0.1) is 0 Å². The second-order valence-electron chi connectivity index (χ2n) is 9.66. The molecule has 31 heavy (non-hydrogen) atoms. The van der Waals surface area contributed by atoms with Gasteiger partial charge in [0.25, 0.3) is 0 Å². The summed E-state index contributed by atoms with van der Waals surface area (Å²) in [5.41, 5.74) is -0.495. The van der Waals surface area contributed by atoms with E-state index in [4.69, 9.17) is 14.2 Å². The molecule has 0 saturated carbocycles. The Morgan fingerprint density at radius 2 is 1.19 bits per heavy atom. The minimum absolute atomic E-state index is 0.173. The first-order chi connectivity index (χ1) is 13.8. The van der Waals surface area contributed by atoms with Gasteiger partial charge in [-0.25, -0.2) is 14.4 Å². The molecule has 0 radical (unpaired) electrons. The van der Waals surface area contributed by atoms with Crippen LogP contribution in [0.3, 0.4) is 0 Å². The summed E-state index contributed by atoms with van der Waals surface area (Å²) in [5, 5.41) is 11.8. The lowest BCUT2D eigenvalue weighted by molar-refractivity contribution is -0.0294. The summed E-state index contributed by atoms with van der Waals surface area (Å²) in [7, 11) is 0. The van der Waals surface area contributed by atoms with Crippen molar-refractivity contribution in [1.82, 2.24) is 0 Å². The Kier molecular flexibility index (Phi) is 9.84. The van der Waals surface area contributed by atoms with Gasteiger partial charge in [0.1, 0.15) is 22.6 Å². The molecule has 9 heteroatoms. The highest BCUT2D eigenvalue weighted by Crippen LogP contribution is 2.21. The van der Waals surface area contributed by atoms with Gasteiger partial charge in [-0.2, -0.15) is 0 Å². The zero-order chi connectivity index (χ0) is 24.6. The van der Waals surface area contributed by atoms with Crippen molar-refractivity contribution >= 4 is 24.1 Å². The molecule has 1 aromatic rings. The van der Waals surface area contributed by atoms with E-state index in [1.807, 2.05) is 0 Å². The van der Waals surface area contributed by atoms with Gasteiger partial charge in [0.15, 0.2) is 0 Å². The maximum atomic E-state index is 11.5. The van der Waals surface area contributed by atoms with Crippen LogP contribution in [0.15, 0.2) is 18.2 Å². The first-order valence-corrected chi connectivity index (χ1v) is 9.71. The number of phenolic OH excluding ortho intramolecular Hbond substituents is 1. The summed E-state index contributed by atoms with van der Waals surface area (Å²) in [4.78, 5) is 33.5. The molecule has 0 bridgehead atoms. The second kappa shape index (κ2) is 10.9. The third-order valence-corrected chi connectivity index (χ3v) is 2.79. The van der Waals surface area contributed by atoms with Crippen LogP contribution in [0.1, 0.15) is 67.9 Å². The quantitative estimate of drug-likeness (QED) is 0.238. The van der Waals surface area contributed by atoms with Crippen LogP contribution in [0.2, 0.25) is 0 Å². The van der Waals surface area contributed by atoms with Crippen LogP contribution in [0.4, 0.5) is 20.1 Å². The number of aryl methyl sites for hydroxylation is 1. The fourth-order valence-electron chi connectivity index (χ4n) is 1.81. The zero-order valence-corrected chi connectivity index (χ0v) is 20.0. The van der Waals surface area contributed by atoms with E-state index in [-0.39, 0.29) is 5.75 Å². The molecule has 0 fully saturated rings. The largest absolute Gasteiger partial charge is 0.519 e. The van der Waals surface area contributed by atoms with E-state index in [1.165, 1.54) is 6.07 Å². The molecule has 1 rings (SSSR count).